The van der Waals surface area contributed by atoms with Gasteiger partial charge < -0.3 is 20.8 Å². The summed E-state index contributed by atoms with van der Waals surface area (Å²) in [6.45, 7) is 0.870. The second-order valence-electron chi connectivity index (χ2n) is 7.19. The van der Waals surface area contributed by atoms with Crippen LogP contribution >= 0.6 is 55.1 Å². The molecule has 0 unspecified atom stereocenters. The maximum Gasteiger partial charge on any atom is 2.00 e. The first-order valence-electron chi connectivity index (χ1n) is 10.9. The van der Waals surface area contributed by atoms with E-state index < -0.39 is 0 Å². The molecule has 0 spiro atoms. The topological polar surface area (TPSA) is 148 Å². The van der Waals surface area contributed by atoms with E-state index in [1.54, 1.807) is 36.7 Å². The van der Waals surface area contributed by atoms with Crippen LogP contribution in [0, 0.1) is 0 Å². The Bertz CT molecular complexity index is 1260. The third kappa shape index (κ3) is 13.2. The van der Waals surface area contributed by atoms with Crippen LogP contribution in [0.2, 0.25) is 10.0 Å². The third-order valence-corrected chi connectivity index (χ3v) is 6.11. The smallest absolute Gasteiger partial charge is 0.871 e. The monoisotopic (exact) mass is 810 g/mol. The summed E-state index contributed by atoms with van der Waals surface area (Å²) in [5, 5.41) is 31.5. The van der Waals surface area contributed by atoms with E-state index in [9.17, 15) is 10.2 Å². The summed E-state index contributed by atoms with van der Waals surface area (Å²) in [4.78, 5) is 16.7. The first-order valence-corrected chi connectivity index (χ1v) is 13.2. The van der Waals surface area contributed by atoms with Crippen molar-refractivity contribution in [2.24, 2.45) is 9.98 Å². The van der Waals surface area contributed by atoms with Crippen molar-refractivity contribution in [3.63, 3.8) is 0 Å². The zero-order chi connectivity index (χ0) is 27.9. The Kier molecular flexibility index (Phi) is 19.9. The van der Waals surface area contributed by atoms with Crippen LogP contribution in [0.5, 0.6) is 11.5 Å². The van der Waals surface area contributed by atoms with Gasteiger partial charge in [0.25, 0.3) is 0 Å². The van der Waals surface area contributed by atoms with Gasteiger partial charge in [0.2, 0.25) is 0 Å². The number of hydrogen-bond acceptors (Lipinski definition) is 7. The average molecular weight is 812 g/mol. The van der Waals surface area contributed by atoms with Crippen molar-refractivity contribution in [2.45, 2.75) is 13.1 Å². The molecule has 0 bridgehead atoms. The molecule has 0 saturated carbocycles. The van der Waals surface area contributed by atoms with Crippen LogP contribution in [-0.4, -0.2) is 40.1 Å². The Morgan fingerprint density at radius 3 is 1.45 bits per heavy atom. The summed E-state index contributed by atoms with van der Waals surface area (Å²) in [5.74, 6) is -0.242. The molecule has 8 nitrogen and oxygen atoms in total. The van der Waals surface area contributed by atoms with Gasteiger partial charge >= 0.3 is 27.3 Å². The van der Waals surface area contributed by atoms with Crippen molar-refractivity contribution in [1.82, 2.24) is 9.97 Å². The van der Waals surface area contributed by atoms with E-state index in [1.807, 2.05) is 36.4 Å². The Labute approximate surface area is 279 Å². The molecule has 0 saturated heterocycles. The molecular weight excluding hydrogens is 787 g/mol. The fourth-order valence-electron chi connectivity index (χ4n) is 2.81. The number of aliphatic imine (C=N–C) groups is 2. The molecule has 2 heterocycles. The number of aromatic nitrogens is 2. The molecule has 13 heteroatoms. The molecule has 0 radical (unpaired) electrons. The van der Waals surface area contributed by atoms with Gasteiger partial charge in [-0.15, -0.1) is 0 Å². The number of halogens is 4. The zero-order valence-corrected chi connectivity index (χ0v) is 30.0. The normalized spacial score (nSPS) is 10.1. The molecule has 0 amide bonds. The van der Waals surface area contributed by atoms with Crippen molar-refractivity contribution in [2.75, 3.05) is 7.11 Å². The molecule has 40 heavy (non-hydrogen) atoms. The van der Waals surface area contributed by atoms with E-state index in [0.29, 0.717) is 43.2 Å². The van der Waals surface area contributed by atoms with Gasteiger partial charge in [-0.2, -0.15) is 0 Å². The first kappa shape index (κ1) is 38.1. The fourth-order valence-corrected chi connectivity index (χ4v) is 4.48. The minimum atomic E-state index is -0.121. The minimum absolute atomic E-state index is 0. The van der Waals surface area contributed by atoms with Crippen molar-refractivity contribution in [3.05, 3.63) is 115 Å². The number of benzene rings is 2. The van der Waals surface area contributed by atoms with Crippen molar-refractivity contribution < 1.29 is 48.1 Å². The number of hydrogen-bond donors (Lipinski definition) is 1. The van der Waals surface area contributed by atoms with Crippen LogP contribution < -0.4 is 10.2 Å². The Hall–Kier alpha value is -1.94. The number of aliphatic hydroxyl groups is 1. The number of rotatable bonds is 6. The minimum Gasteiger partial charge on any atom is -0.871 e. The van der Waals surface area contributed by atoms with E-state index >= 15 is 0 Å². The van der Waals surface area contributed by atoms with Crippen molar-refractivity contribution >= 4 is 67.5 Å². The predicted molar refractivity (Wildman–Crippen MR) is 160 cm³/mol. The van der Waals surface area contributed by atoms with Gasteiger partial charge in [0.15, 0.2) is 0 Å². The van der Waals surface area contributed by atoms with Gasteiger partial charge in [-0.25, -0.2) is 0 Å². The standard InChI is InChI=1S/2C13H10BrClN2O.CH4O.Cd.H2O/c2*14-12-6-10(15)5-9(13(12)18)7-16-8-11-3-1-2-4-17-11;1-2;;/h2*1-7,18H,8H2;2H,1H3;;1H2/q;;;+2;/p-2. The van der Waals surface area contributed by atoms with Gasteiger partial charge in [0, 0.05) is 50.9 Å². The number of aliphatic hydroxyl groups excluding tert-OH is 1. The molecule has 4 aromatic rings. The second kappa shape index (κ2) is 20.9. The van der Waals surface area contributed by atoms with E-state index in [4.69, 9.17) is 28.3 Å². The molecular formula is C27H24Br2CdCl2N4O4. The molecule has 0 aliphatic carbocycles. The Morgan fingerprint density at radius 1 is 0.750 bits per heavy atom. The fraction of sp³-hybridized carbons (Fsp3) is 0.111. The molecule has 0 fully saturated rings. The van der Waals surface area contributed by atoms with Crippen LogP contribution in [0.15, 0.2) is 92.0 Å². The average Bonchev–Trinajstić information content (AvgIpc) is 2.92. The third-order valence-electron chi connectivity index (χ3n) is 4.49. The van der Waals surface area contributed by atoms with Gasteiger partial charge in [-0.05, 0) is 59.7 Å². The molecule has 4 rings (SSSR count). The van der Waals surface area contributed by atoms with Crippen LogP contribution in [0.3, 0.4) is 0 Å². The van der Waals surface area contributed by atoms with Gasteiger partial charge in [0.05, 0.1) is 24.5 Å². The molecule has 2 aromatic heterocycles. The maximum absolute atomic E-state index is 11.8. The van der Waals surface area contributed by atoms with E-state index in [2.05, 4.69) is 51.8 Å². The zero-order valence-electron chi connectivity index (χ0n) is 21.3. The summed E-state index contributed by atoms with van der Waals surface area (Å²) in [7, 11) is 1.00. The molecule has 3 N–H and O–H groups in total. The molecule has 2 aromatic carbocycles. The quantitative estimate of drug-likeness (QED) is 0.211. The van der Waals surface area contributed by atoms with Crippen molar-refractivity contribution in [1.29, 1.82) is 0 Å². The number of nitrogens with zero attached hydrogens (tertiary/aromatic N) is 4. The first-order chi connectivity index (χ1) is 18.3. The molecule has 0 atom stereocenters. The van der Waals surface area contributed by atoms with Crippen LogP contribution in [0.25, 0.3) is 0 Å². The van der Waals surface area contributed by atoms with Crippen molar-refractivity contribution in [3.8, 4) is 11.5 Å². The summed E-state index contributed by atoms with van der Waals surface area (Å²) in [6, 6.07) is 17.6. The van der Waals surface area contributed by atoms with Gasteiger partial charge in [-0.3, -0.25) is 20.0 Å². The maximum atomic E-state index is 11.8. The summed E-state index contributed by atoms with van der Waals surface area (Å²) in [5.41, 5.74) is 2.63. The van der Waals surface area contributed by atoms with E-state index in [0.717, 1.165) is 18.5 Å². The summed E-state index contributed by atoms with van der Waals surface area (Å²) in [6.07, 6.45) is 6.46. The summed E-state index contributed by atoms with van der Waals surface area (Å²) >= 11 is 18.1. The van der Waals surface area contributed by atoms with Gasteiger partial charge in [0.1, 0.15) is 0 Å². The summed E-state index contributed by atoms with van der Waals surface area (Å²) < 4.78 is 0.878. The SMILES string of the molecule is CO.O.[Cd+2].[O-]c1c(Br)cc(Cl)cc1C=NCc1ccccn1.[O-]c1c(Br)cc(Cl)cc1C=NCc1ccccn1. The van der Waals surface area contributed by atoms with E-state index in [1.165, 1.54) is 12.4 Å². The Balaban J connectivity index is 0.000000684. The molecule has 206 valence electrons. The molecule has 0 aliphatic heterocycles. The Morgan fingerprint density at radius 2 is 1.12 bits per heavy atom. The van der Waals surface area contributed by atoms with Gasteiger partial charge in [-0.1, -0.05) is 78.7 Å². The second-order valence-corrected chi connectivity index (χ2v) is 9.78. The van der Waals surface area contributed by atoms with Crippen LogP contribution in [-0.2, 0) is 40.4 Å². The van der Waals surface area contributed by atoms with E-state index in [-0.39, 0.29) is 44.3 Å². The number of pyridine rings is 2. The largest absolute Gasteiger partial charge is 2.00 e. The van der Waals surface area contributed by atoms with Crippen LogP contribution in [0.1, 0.15) is 22.5 Å². The molecule has 0 aliphatic rings. The van der Waals surface area contributed by atoms with Crippen LogP contribution in [0.4, 0.5) is 0 Å². The predicted octanol–water partition coefficient (Wildman–Crippen LogP) is 5.16.